The molecule has 1 heterocycles. The Morgan fingerprint density at radius 3 is 3.09 bits per heavy atom. The Morgan fingerprint density at radius 2 is 2.55 bits per heavy atom. The van der Waals surface area contributed by atoms with Crippen LogP contribution in [-0.2, 0) is 0 Å². The monoisotopic (exact) mass is 171 g/mol. The highest BCUT2D eigenvalue weighted by molar-refractivity contribution is 7.12. The number of hydrogen-bond donors (Lipinski definition) is 2. The maximum Gasteiger partial charge on any atom is 0.261 e. The summed E-state index contributed by atoms with van der Waals surface area (Å²) in [5.41, 5.74) is 3.63. The fourth-order valence-corrected chi connectivity index (χ4v) is 1.34. The zero-order valence-corrected chi connectivity index (χ0v) is 6.99. The van der Waals surface area contributed by atoms with Crippen LogP contribution in [0.15, 0.2) is 17.5 Å². The van der Waals surface area contributed by atoms with Gasteiger partial charge in [0.05, 0.1) is 18.0 Å². The second kappa shape index (κ2) is 4.10. The summed E-state index contributed by atoms with van der Waals surface area (Å²) < 4.78 is 0. The smallest absolute Gasteiger partial charge is 0.261 e. The van der Waals surface area contributed by atoms with Gasteiger partial charge < -0.3 is 11.1 Å². The van der Waals surface area contributed by atoms with Crippen LogP contribution in [0, 0.1) is 0 Å². The summed E-state index contributed by atoms with van der Waals surface area (Å²) in [7, 11) is 0. The van der Waals surface area contributed by atoms with Crippen LogP contribution in [0.25, 0.3) is 0 Å². The molecule has 0 fully saturated rings. The number of hydrogen-bond acceptors (Lipinski definition) is 2. The Bertz CT molecular complexity index is 220. The third kappa shape index (κ3) is 2.32. The highest BCUT2D eigenvalue weighted by atomic mass is 32.1. The molecule has 1 rings (SSSR count). The molecule has 0 saturated carbocycles. The molecule has 0 radical (unpaired) electrons. The lowest BCUT2D eigenvalue weighted by Gasteiger charge is -1.97. The average molecular weight is 171 g/mol. The Hall–Kier alpha value is -0.870. The zero-order valence-electron chi connectivity index (χ0n) is 6.17. The van der Waals surface area contributed by atoms with Gasteiger partial charge in [-0.15, -0.1) is 11.3 Å². The molecule has 4 N–H and O–H groups in total. The van der Waals surface area contributed by atoms with Gasteiger partial charge in [-0.1, -0.05) is 6.07 Å². The SMILES string of the molecule is [NH3+]CCNC(=O)c1cccs1. The summed E-state index contributed by atoms with van der Waals surface area (Å²) in [5, 5.41) is 4.63. The second-order valence-corrected chi connectivity index (χ2v) is 3.03. The van der Waals surface area contributed by atoms with E-state index in [0.717, 1.165) is 11.4 Å². The molecule has 0 aliphatic carbocycles. The molecule has 1 aromatic heterocycles. The summed E-state index contributed by atoms with van der Waals surface area (Å²) in [6.07, 6.45) is 0. The largest absolute Gasteiger partial charge is 0.356 e. The molecule has 0 aromatic carbocycles. The number of thiophene rings is 1. The Morgan fingerprint density at radius 1 is 1.73 bits per heavy atom. The van der Waals surface area contributed by atoms with Crippen LogP contribution in [0.5, 0.6) is 0 Å². The van der Waals surface area contributed by atoms with Gasteiger partial charge in [-0.25, -0.2) is 0 Å². The Labute approximate surface area is 69.2 Å². The lowest BCUT2D eigenvalue weighted by molar-refractivity contribution is -0.364. The molecular weight excluding hydrogens is 160 g/mol. The first-order valence-electron chi connectivity index (χ1n) is 3.45. The molecule has 0 spiro atoms. The van der Waals surface area contributed by atoms with Crippen molar-refractivity contribution in [3.63, 3.8) is 0 Å². The minimum Gasteiger partial charge on any atom is -0.356 e. The van der Waals surface area contributed by atoms with Crippen LogP contribution in [0.1, 0.15) is 9.67 Å². The van der Waals surface area contributed by atoms with Gasteiger partial charge in [-0.3, -0.25) is 4.79 Å². The summed E-state index contributed by atoms with van der Waals surface area (Å²) in [6.45, 7) is 1.38. The van der Waals surface area contributed by atoms with Crippen LogP contribution in [0.2, 0.25) is 0 Å². The van der Waals surface area contributed by atoms with Crippen LogP contribution < -0.4 is 11.1 Å². The summed E-state index contributed by atoms with van der Waals surface area (Å²) >= 11 is 1.45. The van der Waals surface area contributed by atoms with E-state index >= 15 is 0 Å². The van der Waals surface area contributed by atoms with Crippen molar-refractivity contribution in [2.45, 2.75) is 0 Å². The van der Waals surface area contributed by atoms with Crippen molar-refractivity contribution in [3.05, 3.63) is 22.4 Å². The highest BCUT2D eigenvalue weighted by Gasteiger charge is 2.03. The summed E-state index contributed by atoms with van der Waals surface area (Å²) in [6, 6.07) is 3.67. The summed E-state index contributed by atoms with van der Waals surface area (Å²) in [4.78, 5) is 11.9. The number of quaternary nitrogens is 1. The van der Waals surface area contributed by atoms with E-state index in [2.05, 4.69) is 11.1 Å². The second-order valence-electron chi connectivity index (χ2n) is 2.09. The quantitative estimate of drug-likeness (QED) is 0.645. The van der Waals surface area contributed by atoms with Gasteiger partial charge in [0, 0.05) is 0 Å². The van der Waals surface area contributed by atoms with Crippen LogP contribution in [-0.4, -0.2) is 19.0 Å². The normalized spacial score (nSPS) is 9.55. The standard InChI is InChI=1S/C7H10N2OS/c8-3-4-9-7(10)6-2-1-5-11-6/h1-2,5H,3-4,8H2,(H,9,10)/p+1. The van der Waals surface area contributed by atoms with E-state index in [1.165, 1.54) is 11.3 Å². The molecule has 0 aliphatic rings. The number of rotatable bonds is 3. The molecule has 0 bridgehead atoms. The predicted octanol–water partition coefficient (Wildman–Crippen LogP) is -0.280. The predicted molar refractivity (Wildman–Crippen MR) is 44.4 cm³/mol. The van der Waals surface area contributed by atoms with Gasteiger partial charge in [0.1, 0.15) is 0 Å². The van der Waals surface area contributed by atoms with E-state index in [0.29, 0.717) is 6.54 Å². The maximum atomic E-state index is 11.1. The van der Waals surface area contributed by atoms with Gasteiger partial charge in [0.2, 0.25) is 0 Å². The highest BCUT2D eigenvalue weighted by Crippen LogP contribution is 2.06. The average Bonchev–Trinajstić information content (AvgIpc) is 2.52. The number of nitrogens with one attached hydrogen (secondary N) is 1. The summed E-state index contributed by atoms with van der Waals surface area (Å²) in [5.74, 6) is 0.00338. The molecule has 0 atom stereocenters. The molecule has 60 valence electrons. The third-order valence-electron chi connectivity index (χ3n) is 1.21. The lowest BCUT2D eigenvalue weighted by Crippen LogP contribution is -2.54. The van der Waals surface area contributed by atoms with Gasteiger partial charge in [0.25, 0.3) is 5.91 Å². The van der Waals surface area contributed by atoms with Gasteiger partial charge in [-0.2, -0.15) is 0 Å². The van der Waals surface area contributed by atoms with Crippen molar-refractivity contribution in [3.8, 4) is 0 Å². The van der Waals surface area contributed by atoms with Crippen LogP contribution in [0.3, 0.4) is 0 Å². The maximum absolute atomic E-state index is 11.1. The minimum absolute atomic E-state index is 0.00338. The molecule has 0 aliphatic heterocycles. The van der Waals surface area contributed by atoms with E-state index in [9.17, 15) is 4.79 Å². The van der Waals surface area contributed by atoms with Gasteiger partial charge in [-0.05, 0) is 11.4 Å². The molecule has 4 heteroatoms. The van der Waals surface area contributed by atoms with Crippen molar-refractivity contribution in [1.29, 1.82) is 0 Å². The van der Waals surface area contributed by atoms with Crippen molar-refractivity contribution in [1.82, 2.24) is 5.32 Å². The van der Waals surface area contributed by atoms with Crippen molar-refractivity contribution in [2.75, 3.05) is 13.1 Å². The lowest BCUT2D eigenvalue weighted by atomic mass is 10.4. The van der Waals surface area contributed by atoms with Gasteiger partial charge in [0.15, 0.2) is 0 Å². The zero-order chi connectivity index (χ0) is 8.10. The fourth-order valence-electron chi connectivity index (χ4n) is 0.697. The molecular formula is C7H11N2OS+. The first kappa shape index (κ1) is 8.23. The van der Waals surface area contributed by atoms with Crippen LogP contribution in [0.4, 0.5) is 0 Å². The van der Waals surface area contributed by atoms with E-state index in [-0.39, 0.29) is 5.91 Å². The van der Waals surface area contributed by atoms with E-state index in [1.807, 2.05) is 17.5 Å². The Balaban J connectivity index is 2.43. The van der Waals surface area contributed by atoms with Crippen molar-refractivity contribution >= 4 is 17.2 Å². The van der Waals surface area contributed by atoms with Crippen molar-refractivity contribution in [2.24, 2.45) is 0 Å². The molecule has 3 nitrogen and oxygen atoms in total. The minimum atomic E-state index is 0.00338. The fraction of sp³-hybridized carbons (Fsp3) is 0.286. The van der Waals surface area contributed by atoms with Gasteiger partial charge >= 0.3 is 0 Å². The molecule has 11 heavy (non-hydrogen) atoms. The van der Waals surface area contributed by atoms with E-state index in [4.69, 9.17) is 0 Å². The third-order valence-corrected chi connectivity index (χ3v) is 2.08. The molecule has 1 amide bonds. The number of carbonyl (C=O) groups excluding carboxylic acids is 1. The molecule has 1 aromatic rings. The first-order chi connectivity index (χ1) is 5.34. The van der Waals surface area contributed by atoms with Crippen LogP contribution >= 0.6 is 11.3 Å². The van der Waals surface area contributed by atoms with E-state index in [1.54, 1.807) is 0 Å². The molecule has 0 unspecified atom stereocenters. The van der Waals surface area contributed by atoms with Crippen molar-refractivity contribution < 1.29 is 10.5 Å². The molecule has 0 saturated heterocycles. The van der Waals surface area contributed by atoms with E-state index < -0.39 is 0 Å². The Kier molecular flexibility index (Phi) is 3.07. The number of carbonyl (C=O) groups is 1. The topological polar surface area (TPSA) is 56.7 Å². The number of amides is 1. The first-order valence-corrected chi connectivity index (χ1v) is 4.33.